The van der Waals surface area contributed by atoms with Crippen LogP contribution in [0.2, 0.25) is 0 Å². The monoisotopic (exact) mass is 374 g/mol. The van der Waals surface area contributed by atoms with Crippen LogP contribution >= 0.6 is 0 Å². The minimum Gasteiger partial charge on any atom is -0.481 e. The van der Waals surface area contributed by atoms with Gasteiger partial charge in [-0.25, -0.2) is 4.90 Å². The second-order valence-electron chi connectivity index (χ2n) is 5.86. The number of carbonyl (C=O) groups is 5. The first kappa shape index (κ1) is 20.0. The molecular formula is C18H18N2O7. The Kier molecular flexibility index (Phi) is 6.56. The number of nitrogens with zero attached hydrogens (tertiary/aromatic N) is 2. The predicted octanol–water partition coefficient (Wildman–Crippen LogP) is 1.05. The van der Waals surface area contributed by atoms with Crippen molar-refractivity contribution in [3.05, 3.63) is 42.0 Å². The van der Waals surface area contributed by atoms with E-state index >= 15 is 0 Å². The van der Waals surface area contributed by atoms with E-state index < -0.39 is 17.8 Å². The fraction of sp³-hybridized carbons (Fsp3) is 0.278. The van der Waals surface area contributed by atoms with E-state index in [0.29, 0.717) is 18.5 Å². The summed E-state index contributed by atoms with van der Waals surface area (Å²) in [6.45, 7) is 0. The highest BCUT2D eigenvalue weighted by atomic mass is 16.5. The zero-order chi connectivity index (χ0) is 20.0. The molecule has 2 aliphatic rings. The van der Waals surface area contributed by atoms with Crippen molar-refractivity contribution >= 4 is 35.3 Å². The third-order valence-electron chi connectivity index (χ3n) is 3.89. The van der Waals surface area contributed by atoms with Gasteiger partial charge in [0.05, 0.1) is 5.69 Å². The van der Waals surface area contributed by atoms with E-state index in [1.54, 1.807) is 24.3 Å². The van der Waals surface area contributed by atoms with E-state index in [9.17, 15) is 24.0 Å². The third kappa shape index (κ3) is 5.32. The van der Waals surface area contributed by atoms with Crippen LogP contribution in [0.4, 0.5) is 5.69 Å². The standard InChI is InChI=1S/C14H13NO4.C4H5NO3/c16-12-8-9-13(17)15(12)11-6-4-10(5-7-11)2-1-3-14(18)19;6-3-1-2-4(7)5(3)8/h4-9H,1-3H2,(H,18,19);8H,1-2H2. The molecule has 0 aromatic heterocycles. The van der Waals surface area contributed by atoms with Gasteiger partial charge in [0.25, 0.3) is 23.6 Å². The first-order valence-corrected chi connectivity index (χ1v) is 8.21. The molecule has 1 aromatic carbocycles. The quantitative estimate of drug-likeness (QED) is 0.581. The summed E-state index contributed by atoms with van der Waals surface area (Å²) in [5.74, 6) is -2.51. The van der Waals surface area contributed by atoms with E-state index in [1.165, 1.54) is 12.2 Å². The van der Waals surface area contributed by atoms with E-state index in [0.717, 1.165) is 10.5 Å². The zero-order valence-corrected chi connectivity index (χ0v) is 14.3. The Morgan fingerprint density at radius 2 is 1.44 bits per heavy atom. The van der Waals surface area contributed by atoms with Crippen LogP contribution in [0.3, 0.4) is 0 Å². The Hall–Kier alpha value is -3.33. The van der Waals surface area contributed by atoms with Crippen molar-refractivity contribution in [3.63, 3.8) is 0 Å². The fourth-order valence-corrected chi connectivity index (χ4v) is 2.47. The Morgan fingerprint density at radius 1 is 0.926 bits per heavy atom. The van der Waals surface area contributed by atoms with Gasteiger partial charge < -0.3 is 5.11 Å². The number of aliphatic carboxylic acids is 1. The number of aryl methyl sites for hydroxylation is 1. The van der Waals surface area contributed by atoms with Crippen molar-refractivity contribution in [3.8, 4) is 0 Å². The SMILES string of the molecule is O=C(O)CCCc1ccc(N2C(=O)C=CC2=O)cc1.O=C1CCC(=O)N1O. The van der Waals surface area contributed by atoms with Crippen LogP contribution in [-0.4, -0.2) is 45.0 Å². The van der Waals surface area contributed by atoms with Crippen LogP contribution < -0.4 is 4.90 Å². The first-order valence-electron chi connectivity index (χ1n) is 8.21. The topological polar surface area (TPSA) is 132 Å². The first-order chi connectivity index (χ1) is 12.8. The van der Waals surface area contributed by atoms with Crippen LogP contribution in [0.25, 0.3) is 0 Å². The number of benzene rings is 1. The molecule has 1 saturated heterocycles. The molecule has 0 radical (unpaired) electrons. The molecule has 2 heterocycles. The minimum absolute atomic E-state index is 0.134. The maximum absolute atomic E-state index is 11.5. The molecule has 2 N–H and O–H groups in total. The average molecular weight is 374 g/mol. The molecule has 0 atom stereocenters. The summed E-state index contributed by atoms with van der Waals surface area (Å²) in [6.07, 6.45) is 4.14. The fourth-order valence-electron chi connectivity index (χ4n) is 2.47. The molecular weight excluding hydrogens is 356 g/mol. The molecule has 2 aliphatic heterocycles. The summed E-state index contributed by atoms with van der Waals surface area (Å²) in [4.78, 5) is 54.9. The van der Waals surface area contributed by atoms with E-state index in [4.69, 9.17) is 10.3 Å². The molecule has 27 heavy (non-hydrogen) atoms. The van der Waals surface area contributed by atoms with Gasteiger partial charge in [0.15, 0.2) is 0 Å². The third-order valence-corrected chi connectivity index (χ3v) is 3.89. The van der Waals surface area contributed by atoms with Gasteiger partial charge in [-0.3, -0.25) is 29.2 Å². The molecule has 1 fully saturated rings. The molecule has 0 spiro atoms. The van der Waals surface area contributed by atoms with E-state index in [1.807, 2.05) is 0 Å². The highest BCUT2D eigenvalue weighted by Crippen LogP contribution is 2.20. The summed E-state index contributed by atoms with van der Waals surface area (Å²) in [5, 5.41) is 17.1. The number of hydroxylamine groups is 2. The number of rotatable bonds is 5. The van der Waals surface area contributed by atoms with Crippen LogP contribution in [0.5, 0.6) is 0 Å². The lowest BCUT2D eigenvalue weighted by Gasteiger charge is -2.14. The smallest absolute Gasteiger partial charge is 0.303 e. The Bertz CT molecular complexity index is 764. The summed E-state index contributed by atoms with van der Waals surface area (Å²) >= 11 is 0. The van der Waals surface area contributed by atoms with Crippen LogP contribution in [0.15, 0.2) is 36.4 Å². The lowest BCUT2D eigenvalue weighted by atomic mass is 10.1. The zero-order valence-electron chi connectivity index (χ0n) is 14.3. The summed E-state index contributed by atoms with van der Waals surface area (Å²) in [6, 6.07) is 6.99. The molecule has 0 aliphatic carbocycles. The second-order valence-corrected chi connectivity index (χ2v) is 5.86. The van der Waals surface area contributed by atoms with Crippen molar-refractivity contribution < 1.29 is 34.3 Å². The van der Waals surface area contributed by atoms with Gasteiger partial charge in [0.2, 0.25) is 0 Å². The van der Waals surface area contributed by atoms with Crippen LogP contribution in [0.1, 0.15) is 31.2 Å². The van der Waals surface area contributed by atoms with Gasteiger partial charge in [-0.1, -0.05) is 12.1 Å². The molecule has 142 valence electrons. The van der Waals surface area contributed by atoms with Crippen molar-refractivity contribution in [2.45, 2.75) is 32.1 Å². The van der Waals surface area contributed by atoms with Crippen LogP contribution in [-0.2, 0) is 30.4 Å². The number of imide groups is 2. The number of carbonyl (C=O) groups excluding carboxylic acids is 4. The Balaban J connectivity index is 0.000000273. The largest absolute Gasteiger partial charge is 0.481 e. The van der Waals surface area contributed by atoms with Crippen molar-refractivity contribution in [2.24, 2.45) is 0 Å². The maximum Gasteiger partial charge on any atom is 0.303 e. The molecule has 3 rings (SSSR count). The van der Waals surface area contributed by atoms with Crippen molar-refractivity contribution in [1.29, 1.82) is 0 Å². The number of hydrogen-bond donors (Lipinski definition) is 2. The van der Waals surface area contributed by atoms with E-state index in [-0.39, 0.29) is 36.1 Å². The van der Waals surface area contributed by atoms with Gasteiger partial charge in [0, 0.05) is 31.4 Å². The van der Waals surface area contributed by atoms with Gasteiger partial charge >= 0.3 is 5.97 Å². The normalized spacial score (nSPS) is 16.0. The molecule has 1 aromatic rings. The van der Waals surface area contributed by atoms with E-state index in [2.05, 4.69) is 0 Å². The van der Waals surface area contributed by atoms with Gasteiger partial charge in [-0.15, -0.1) is 0 Å². The van der Waals surface area contributed by atoms with Crippen molar-refractivity contribution in [2.75, 3.05) is 4.90 Å². The Morgan fingerprint density at radius 3 is 1.85 bits per heavy atom. The summed E-state index contributed by atoms with van der Waals surface area (Å²) in [7, 11) is 0. The highest BCUT2D eigenvalue weighted by molar-refractivity contribution is 6.28. The van der Waals surface area contributed by atoms with Crippen LogP contribution in [0, 0.1) is 0 Å². The lowest BCUT2D eigenvalue weighted by Crippen LogP contribution is -2.29. The number of anilines is 1. The Labute approximate surface area is 154 Å². The van der Waals surface area contributed by atoms with Gasteiger partial charge in [0.1, 0.15) is 0 Å². The molecule has 0 bridgehead atoms. The predicted molar refractivity (Wildman–Crippen MR) is 91.5 cm³/mol. The summed E-state index contributed by atoms with van der Waals surface area (Å²) in [5.41, 5.74) is 1.51. The number of hydrogen-bond acceptors (Lipinski definition) is 6. The van der Waals surface area contributed by atoms with Crippen molar-refractivity contribution in [1.82, 2.24) is 5.06 Å². The van der Waals surface area contributed by atoms with Gasteiger partial charge in [-0.2, -0.15) is 5.06 Å². The highest BCUT2D eigenvalue weighted by Gasteiger charge is 2.27. The number of carboxylic acids is 1. The number of amides is 4. The molecule has 4 amide bonds. The second kappa shape index (κ2) is 8.86. The molecule has 9 heteroatoms. The maximum atomic E-state index is 11.5. The molecule has 9 nitrogen and oxygen atoms in total. The average Bonchev–Trinajstić information content (AvgIpc) is 3.12. The van der Waals surface area contributed by atoms with Gasteiger partial charge in [-0.05, 0) is 30.5 Å². The molecule has 0 saturated carbocycles. The lowest BCUT2D eigenvalue weighted by molar-refractivity contribution is -0.171. The number of carboxylic acid groups (broad SMARTS) is 1. The summed E-state index contributed by atoms with van der Waals surface area (Å²) < 4.78 is 0. The minimum atomic E-state index is -0.809. The molecule has 0 unspecified atom stereocenters.